The van der Waals surface area contributed by atoms with Gasteiger partial charge in [-0.05, 0) is 126 Å². The van der Waals surface area contributed by atoms with Crippen LogP contribution >= 0.6 is 31.7 Å². The van der Waals surface area contributed by atoms with Gasteiger partial charge in [0.15, 0.2) is 0 Å². The summed E-state index contributed by atoms with van der Waals surface area (Å²) < 4.78 is 2.10. The Morgan fingerprint density at radius 1 is 0.274 bits per heavy atom. The number of hydrogen-bond donors (Lipinski definition) is 0. The van der Waals surface area contributed by atoms with Crippen LogP contribution in [0.4, 0.5) is 0 Å². The molecule has 1 heterocycles. The van der Waals surface area contributed by atoms with Crippen molar-refractivity contribution in [1.29, 1.82) is 0 Å². The third-order valence-electron chi connectivity index (χ3n) is 16.7. The van der Waals surface area contributed by atoms with Gasteiger partial charge in [-0.15, -0.1) is 70.8 Å². The van der Waals surface area contributed by atoms with Gasteiger partial charge in [0, 0.05) is 23.5 Å². The van der Waals surface area contributed by atoms with Crippen molar-refractivity contribution in [2.75, 3.05) is 24.6 Å². The summed E-state index contributed by atoms with van der Waals surface area (Å²) in [4.78, 5) is 0. The first-order valence-corrected chi connectivity index (χ1v) is 37.6. The molecule has 0 atom stereocenters. The zero-order chi connectivity index (χ0) is 62.6. The van der Waals surface area contributed by atoms with E-state index in [0.717, 1.165) is 50.5 Å². The van der Waals surface area contributed by atoms with E-state index in [-0.39, 0.29) is 89.5 Å². The van der Waals surface area contributed by atoms with Crippen molar-refractivity contribution in [3.8, 4) is 34.8 Å². The normalized spacial score (nSPS) is 10.5. The Bertz CT molecular complexity index is 4190. The Morgan fingerprint density at radius 2 is 0.558 bits per heavy atom. The Balaban J connectivity index is 0.000000180. The molecular formula is C86H69Au4NP4+4. The second-order valence-electron chi connectivity index (χ2n) is 22.3. The maximum absolute atomic E-state index is 7.21. The maximum Gasteiger partial charge on any atom is 1.00 e. The molecule has 1 aromatic heterocycles. The molecular weight excluding hydrogens is 1960 g/mol. The number of hydrogen-bond acceptors (Lipinski definition) is 0. The van der Waals surface area contributed by atoms with Crippen LogP contribution in [0.2, 0.25) is 0 Å². The smallest absolute Gasteiger partial charge is 0.366 e. The third kappa shape index (κ3) is 19.8. The summed E-state index contributed by atoms with van der Waals surface area (Å²) in [5.41, 5.74) is 10.3. The number of aryl methyl sites for hydroxylation is 1. The predicted molar refractivity (Wildman–Crippen MR) is 401 cm³/mol. The molecule has 0 spiro atoms. The molecule has 0 unspecified atom stereocenters. The summed E-state index contributed by atoms with van der Waals surface area (Å²) in [6, 6.07) is 113. The van der Waals surface area contributed by atoms with Crippen molar-refractivity contribution in [2.24, 2.45) is 7.05 Å². The summed E-state index contributed by atoms with van der Waals surface area (Å²) in [6.07, 6.45) is 34.7. The molecule has 0 saturated carbocycles. The molecule has 1 aliphatic carbocycles. The van der Waals surface area contributed by atoms with Crippen LogP contribution in [0.15, 0.2) is 315 Å². The molecule has 0 bridgehead atoms. The molecule has 1 aliphatic rings. The monoisotopic (exact) mass is 2030 g/mol. The average molecular weight is 2030 g/mol. The van der Waals surface area contributed by atoms with Gasteiger partial charge < -0.3 is 30.3 Å². The molecule has 12 aromatic carbocycles. The van der Waals surface area contributed by atoms with Gasteiger partial charge in [0.25, 0.3) is 0 Å². The van der Waals surface area contributed by atoms with E-state index in [1.165, 1.54) is 89.3 Å². The number of fused-ring (bicyclic) bond motifs is 6. The second-order valence-corrected chi connectivity index (χ2v) is 32.7. The first-order valence-electron chi connectivity index (χ1n) is 30.8. The van der Waals surface area contributed by atoms with Gasteiger partial charge in [-0.2, -0.15) is 0 Å². The molecule has 0 saturated heterocycles. The third-order valence-corrected chi connectivity index (χ3v) is 28.9. The van der Waals surface area contributed by atoms with Gasteiger partial charge >= 0.3 is 89.5 Å². The van der Waals surface area contributed by atoms with Crippen molar-refractivity contribution < 1.29 is 89.5 Å². The number of benzene rings is 12. The molecule has 13 aromatic rings. The second kappa shape index (κ2) is 38.9. The van der Waals surface area contributed by atoms with Crippen LogP contribution in [-0.2, 0) is 103 Å². The molecule has 0 aliphatic heterocycles. The van der Waals surface area contributed by atoms with Gasteiger partial charge in [0.2, 0.25) is 0 Å². The summed E-state index contributed by atoms with van der Waals surface area (Å²) in [6.45, 7) is 0. The quantitative estimate of drug-likeness (QED) is 0.0443. The molecule has 0 N–H and O–H groups in total. The van der Waals surface area contributed by atoms with E-state index >= 15 is 0 Å². The fraction of sp³-hybridized carbons (Fsp3) is 0.0698. The minimum absolute atomic E-state index is 0. The molecule has 478 valence electrons. The van der Waals surface area contributed by atoms with Crippen LogP contribution in [0, 0.1) is 49.4 Å². The van der Waals surface area contributed by atoms with Gasteiger partial charge in [0.1, 0.15) is 24.6 Å². The summed E-state index contributed by atoms with van der Waals surface area (Å²) in [5.74, 6) is 9.65. The molecule has 9 heteroatoms. The van der Waals surface area contributed by atoms with Crippen LogP contribution in [0.5, 0.6) is 0 Å². The Kier molecular flexibility index (Phi) is 31.0. The largest absolute Gasteiger partial charge is 1.00 e. The summed E-state index contributed by atoms with van der Waals surface area (Å²) >= 11 is 0. The summed E-state index contributed by atoms with van der Waals surface area (Å²) in [7, 11) is -1.13. The standard InChI is InChI=1S/2C26H24P2.C17H9N.C17H8.4Au/c2*1-5-13-23(14-6-1)27(24-15-7-2-8-16-24)21-22-28(25-17-9-3-10-18-25)26-19-11-4-12-20-26;1-4-12-7-9-16-15(10-12)14-8-6-13(5-2)11-17(14)18(16)3;1-3-12-6-8-16-15(9-12)11-14-7-5-13(4-2)10-17(14)16;;;;/h2*1-20H,21-22H2;6-11H,3H3;5-10H,11H2;;;;/q;;2*-2;4*+1/p+4. The van der Waals surface area contributed by atoms with Crippen molar-refractivity contribution in [2.45, 2.75) is 6.42 Å². The van der Waals surface area contributed by atoms with E-state index in [4.69, 9.17) is 25.7 Å². The first kappa shape index (κ1) is 75.7. The van der Waals surface area contributed by atoms with Crippen molar-refractivity contribution in [3.05, 3.63) is 375 Å². The molecule has 0 radical (unpaired) electrons. The van der Waals surface area contributed by atoms with E-state index in [1.807, 2.05) is 73.8 Å². The molecule has 0 amide bonds. The fourth-order valence-corrected chi connectivity index (χ4v) is 24.5. The van der Waals surface area contributed by atoms with Crippen molar-refractivity contribution in [1.82, 2.24) is 4.57 Å². The summed E-state index contributed by atoms with van der Waals surface area (Å²) in [5, 5.41) is 14.4. The maximum atomic E-state index is 7.21. The van der Waals surface area contributed by atoms with Crippen LogP contribution in [0.25, 0.3) is 32.9 Å². The van der Waals surface area contributed by atoms with E-state index in [9.17, 15) is 0 Å². The van der Waals surface area contributed by atoms with Crippen LogP contribution in [-0.4, -0.2) is 29.2 Å². The van der Waals surface area contributed by atoms with Gasteiger partial charge in [0.05, 0.1) is 74.1 Å². The number of aromatic nitrogens is 1. The van der Waals surface area contributed by atoms with Gasteiger partial charge in [-0.3, -0.25) is 23.7 Å². The predicted octanol–water partition coefficient (Wildman–Crippen LogP) is 15.8. The minimum atomic E-state index is -0.783. The molecule has 14 rings (SSSR count). The average Bonchev–Trinajstić information content (AvgIpc) is 1.67. The van der Waals surface area contributed by atoms with E-state index < -0.39 is 31.7 Å². The van der Waals surface area contributed by atoms with Gasteiger partial charge in [-0.1, -0.05) is 175 Å². The zero-order valence-corrected chi connectivity index (χ0v) is 64.9. The van der Waals surface area contributed by atoms with Crippen molar-refractivity contribution >= 4 is 95.9 Å². The Morgan fingerprint density at radius 3 is 0.895 bits per heavy atom. The first-order chi connectivity index (χ1) is 44.9. The topological polar surface area (TPSA) is 4.93 Å². The molecule has 1 nitrogen and oxygen atoms in total. The van der Waals surface area contributed by atoms with Crippen LogP contribution in [0.3, 0.4) is 0 Å². The molecule has 95 heavy (non-hydrogen) atoms. The van der Waals surface area contributed by atoms with Crippen molar-refractivity contribution in [3.63, 3.8) is 0 Å². The Labute approximate surface area is 630 Å². The van der Waals surface area contributed by atoms with E-state index in [2.05, 4.69) is 277 Å². The fourth-order valence-electron chi connectivity index (χ4n) is 12.1. The SMILES string of the molecule is [Au+].[Au+].[Au+].[Au+].[C-]#Cc1ccc2c(c1)Cc1ccc(C#[C-])cc1-2.[C-]#Cc1ccc2c(c1)c1ccc(C#[C-])cc1n2C.c1ccc([PH+](CC[PH+](c2ccccc2)c2ccccc2)c2ccccc2)cc1.c1ccc([PH+](CC[PH+](c2ccccc2)c2ccccc2)c2ccccc2)cc1. The van der Waals surface area contributed by atoms with E-state index in [1.54, 1.807) is 0 Å². The van der Waals surface area contributed by atoms with Crippen LogP contribution in [0.1, 0.15) is 33.4 Å². The number of nitrogens with zero attached hydrogens (tertiary/aromatic N) is 1. The van der Waals surface area contributed by atoms with E-state index in [0.29, 0.717) is 0 Å². The van der Waals surface area contributed by atoms with Crippen LogP contribution < -0.4 is 42.4 Å². The number of rotatable bonds is 14. The molecule has 0 fully saturated rings. The minimum Gasteiger partial charge on any atom is -0.366 e. The van der Waals surface area contributed by atoms with Gasteiger partial charge in [-0.25, -0.2) is 0 Å². The Hall–Kier alpha value is -6.64. The zero-order valence-electron chi connectivity index (χ0n) is 52.2.